The number of carbonyl (C=O) groups is 1. The van der Waals surface area contributed by atoms with Gasteiger partial charge >= 0.3 is 0 Å². The number of pyridine rings is 1. The van der Waals surface area contributed by atoms with Crippen molar-refractivity contribution in [2.24, 2.45) is 5.92 Å². The summed E-state index contributed by atoms with van der Waals surface area (Å²) < 4.78 is 0. The summed E-state index contributed by atoms with van der Waals surface area (Å²) in [7, 11) is 1.96. The van der Waals surface area contributed by atoms with Gasteiger partial charge in [0.25, 0.3) is 0 Å². The molecule has 1 amide bonds. The van der Waals surface area contributed by atoms with Crippen LogP contribution in [0, 0.1) is 17.2 Å². The molecule has 0 bridgehead atoms. The molecule has 0 saturated carbocycles. The summed E-state index contributed by atoms with van der Waals surface area (Å²) in [5.74, 6) is 0.445. The Morgan fingerprint density at radius 1 is 1.28 bits per heavy atom. The summed E-state index contributed by atoms with van der Waals surface area (Å²) in [5, 5.41) is 9.33. The first kappa shape index (κ1) is 19.4. The summed E-state index contributed by atoms with van der Waals surface area (Å²) in [6.07, 6.45) is 1.78. The number of nitrogens with zero attached hydrogens (tertiary/aromatic N) is 5. The van der Waals surface area contributed by atoms with Gasteiger partial charge in [-0.15, -0.1) is 0 Å². The molecule has 0 unspecified atom stereocenters. The Labute approximate surface area is 151 Å². The van der Waals surface area contributed by atoms with Gasteiger partial charge in [0, 0.05) is 38.4 Å². The molecule has 2 rings (SSSR count). The monoisotopic (exact) mass is 343 g/mol. The van der Waals surface area contributed by atoms with Crippen LogP contribution >= 0.6 is 0 Å². The van der Waals surface area contributed by atoms with Crippen molar-refractivity contribution in [3.63, 3.8) is 0 Å². The first-order valence-electron chi connectivity index (χ1n) is 8.96. The van der Waals surface area contributed by atoms with Gasteiger partial charge in [-0.25, -0.2) is 0 Å². The fraction of sp³-hybridized carbons (Fsp3) is 0.632. The minimum Gasteiger partial charge on any atom is -0.339 e. The molecule has 1 aliphatic heterocycles. The molecule has 2 heterocycles. The fourth-order valence-corrected chi connectivity index (χ4v) is 3.20. The van der Waals surface area contributed by atoms with Gasteiger partial charge in [0.15, 0.2) is 0 Å². The first-order valence-corrected chi connectivity index (χ1v) is 8.96. The van der Waals surface area contributed by atoms with Crippen molar-refractivity contribution in [2.75, 3.05) is 39.8 Å². The third-order valence-electron chi connectivity index (χ3n) is 4.99. The number of carbonyl (C=O) groups excluding carboxylic acids is 1. The Morgan fingerprint density at radius 3 is 2.48 bits per heavy atom. The lowest BCUT2D eigenvalue weighted by molar-refractivity contribution is -0.134. The quantitative estimate of drug-likeness (QED) is 0.788. The van der Waals surface area contributed by atoms with Gasteiger partial charge in [-0.2, -0.15) is 5.26 Å². The molecule has 2 atom stereocenters. The van der Waals surface area contributed by atoms with Crippen LogP contribution in [0.5, 0.6) is 0 Å². The van der Waals surface area contributed by atoms with Crippen LogP contribution in [0.15, 0.2) is 24.4 Å². The molecule has 1 aromatic heterocycles. The van der Waals surface area contributed by atoms with Crippen LogP contribution in [0.2, 0.25) is 0 Å². The van der Waals surface area contributed by atoms with Crippen molar-refractivity contribution in [3.05, 3.63) is 30.1 Å². The molecule has 1 aliphatic rings. The van der Waals surface area contributed by atoms with E-state index in [1.807, 2.05) is 35.0 Å². The molecule has 6 nitrogen and oxygen atoms in total. The van der Waals surface area contributed by atoms with Crippen LogP contribution in [-0.4, -0.2) is 71.4 Å². The lowest BCUT2D eigenvalue weighted by atomic mass is 10.0. The fourth-order valence-electron chi connectivity index (χ4n) is 3.20. The largest absolute Gasteiger partial charge is 0.339 e. The highest BCUT2D eigenvalue weighted by Gasteiger charge is 2.28. The predicted molar refractivity (Wildman–Crippen MR) is 97.7 cm³/mol. The van der Waals surface area contributed by atoms with E-state index in [0.717, 1.165) is 18.8 Å². The molecule has 25 heavy (non-hydrogen) atoms. The second-order valence-corrected chi connectivity index (χ2v) is 7.08. The zero-order valence-electron chi connectivity index (χ0n) is 15.7. The molecular weight excluding hydrogens is 314 g/mol. The molecule has 136 valence electrons. The predicted octanol–water partition coefficient (Wildman–Crippen LogP) is 1.77. The van der Waals surface area contributed by atoms with Gasteiger partial charge < -0.3 is 4.90 Å². The van der Waals surface area contributed by atoms with Crippen molar-refractivity contribution >= 4 is 5.91 Å². The molecule has 1 aromatic rings. The lowest BCUT2D eigenvalue weighted by Gasteiger charge is -2.38. The third kappa shape index (κ3) is 5.00. The van der Waals surface area contributed by atoms with Crippen LogP contribution in [0.1, 0.15) is 32.5 Å². The maximum atomic E-state index is 12.6. The summed E-state index contributed by atoms with van der Waals surface area (Å²) >= 11 is 0. The van der Waals surface area contributed by atoms with Gasteiger partial charge in [0.05, 0.1) is 18.3 Å². The molecule has 1 saturated heterocycles. The van der Waals surface area contributed by atoms with E-state index in [9.17, 15) is 10.1 Å². The molecule has 1 fully saturated rings. The maximum Gasteiger partial charge on any atom is 0.236 e. The number of aromatic nitrogens is 1. The van der Waals surface area contributed by atoms with E-state index in [2.05, 4.69) is 36.7 Å². The Kier molecular flexibility index (Phi) is 6.91. The standard InChI is InChI=1S/C19H29N5O/c1-15(2)18(13-20)23-9-11-24(12-10-23)19(25)14-22(4)16(3)17-7-5-6-8-21-17/h5-8,15-16,18H,9-12,14H2,1-4H3/t16-,18+/m0/s1. The average molecular weight is 343 g/mol. The van der Waals surface area contributed by atoms with Gasteiger partial charge in [0.2, 0.25) is 5.91 Å². The molecule has 0 aromatic carbocycles. The van der Waals surface area contributed by atoms with Crippen molar-refractivity contribution in [2.45, 2.75) is 32.9 Å². The van der Waals surface area contributed by atoms with E-state index in [0.29, 0.717) is 25.6 Å². The Morgan fingerprint density at radius 2 is 1.96 bits per heavy atom. The van der Waals surface area contributed by atoms with Crippen molar-refractivity contribution in [1.82, 2.24) is 19.7 Å². The Hall–Kier alpha value is -1.97. The number of nitriles is 1. The highest BCUT2D eigenvalue weighted by molar-refractivity contribution is 5.78. The number of hydrogen-bond donors (Lipinski definition) is 0. The van der Waals surface area contributed by atoms with E-state index in [-0.39, 0.29) is 18.0 Å². The average Bonchev–Trinajstić information content (AvgIpc) is 2.62. The molecule has 0 radical (unpaired) electrons. The first-order chi connectivity index (χ1) is 11.9. The minimum atomic E-state index is -0.0656. The van der Waals surface area contributed by atoms with Gasteiger partial charge in [-0.3, -0.25) is 19.6 Å². The minimum absolute atomic E-state index is 0.0656. The molecule has 0 N–H and O–H groups in total. The number of amides is 1. The SMILES string of the molecule is CC(C)[C@@H](C#N)N1CCN(C(=O)CN(C)[C@@H](C)c2ccccn2)CC1. The maximum absolute atomic E-state index is 12.6. The normalized spacial score (nSPS) is 18.2. The van der Waals surface area contributed by atoms with E-state index >= 15 is 0 Å². The Bertz CT molecular complexity index is 590. The van der Waals surface area contributed by atoms with Crippen LogP contribution in [0.4, 0.5) is 0 Å². The summed E-state index contributed by atoms with van der Waals surface area (Å²) in [4.78, 5) is 23.1. The number of piperazine rings is 1. The smallest absolute Gasteiger partial charge is 0.236 e. The van der Waals surface area contributed by atoms with Crippen molar-refractivity contribution in [1.29, 1.82) is 5.26 Å². The summed E-state index contributed by atoms with van der Waals surface area (Å²) in [5.41, 5.74) is 0.969. The van der Waals surface area contributed by atoms with E-state index in [1.54, 1.807) is 6.20 Å². The highest BCUT2D eigenvalue weighted by atomic mass is 16.2. The van der Waals surface area contributed by atoms with Crippen LogP contribution < -0.4 is 0 Å². The second-order valence-electron chi connectivity index (χ2n) is 7.08. The number of rotatable bonds is 6. The van der Waals surface area contributed by atoms with E-state index < -0.39 is 0 Å². The van der Waals surface area contributed by atoms with Crippen LogP contribution in [0.25, 0.3) is 0 Å². The van der Waals surface area contributed by atoms with Crippen molar-refractivity contribution in [3.8, 4) is 6.07 Å². The van der Waals surface area contributed by atoms with Crippen LogP contribution in [0.3, 0.4) is 0 Å². The molecular formula is C19H29N5O. The summed E-state index contributed by atoms with van der Waals surface area (Å²) in [6.45, 7) is 9.49. The highest BCUT2D eigenvalue weighted by Crippen LogP contribution is 2.17. The number of likely N-dealkylation sites (N-methyl/N-ethyl adjacent to an activating group) is 1. The van der Waals surface area contributed by atoms with Crippen LogP contribution in [-0.2, 0) is 4.79 Å². The zero-order chi connectivity index (χ0) is 18.4. The van der Waals surface area contributed by atoms with Gasteiger partial charge in [-0.1, -0.05) is 19.9 Å². The van der Waals surface area contributed by atoms with Gasteiger partial charge in [0.1, 0.15) is 6.04 Å². The topological polar surface area (TPSA) is 63.5 Å². The number of hydrogen-bond acceptors (Lipinski definition) is 5. The lowest BCUT2D eigenvalue weighted by Crippen LogP contribution is -2.54. The second kappa shape index (κ2) is 8.93. The zero-order valence-corrected chi connectivity index (χ0v) is 15.7. The van der Waals surface area contributed by atoms with E-state index in [1.165, 1.54) is 0 Å². The van der Waals surface area contributed by atoms with Crippen molar-refractivity contribution < 1.29 is 4.79 Å². The van der Waals surface area contributed by atoms with Gasteiger partial charge in [-0.05, 0) is 32.0 Å². The molecule has 6 heteroatoms. The third-order valence-corrected chi connectivity index (χ3v) is 4.99. The molecule has 0 spiro atoms. The van der Waals surface area contributed by atoms with E-state index in [4.69, 9.17) is 0 Å². The summed E-state index contributed by atoms with van der Waals surface area (Å²) in [6, 6.07) is 8.26. The Balaban J connectivity index is 1.85. The molecule has 0 aliphatic carbocycles.